The summed E-state index contributed by atoms with van der Waals surface area (Å²) in [5.74, 6) is 2.05. The van der Waals surface area contributed by atoms with Gasteiger partial charge in [-0.2, -0.15) is 0 Å². The van der Waals surface area contributed by atoms with Crippen molar-refractivity contribution in [2.45, 2.75) is 20.4 Å². The zero-order valence-corrected chi connectivity index (χ0v) is 21.3. The summed E-state index contributed by atoms with van der Waals surface area (Å²) in [6.07, 6.45) is 0. The molecule has 0 radical (unpaired) electrons. The van der Waals surface area contributed by atoms with E-state index in [1.54, 1.807) is 7.05 Å². The van der Waals surface area contributed by atoms with Gasteiger partial charge >= 0.3 is 0 Å². The summed E-state index contributed by atoms with van der Waals surface area (Å²) in [5.41, 5.74) is 2.20. The Balaban J connectivity index is 0.00000450. The molecule has 1 fully saturated rings. The molecule has 1 aliphatic heterocycles. The molecule has 1 saturated heterocycles. The van der Waals surface area contributed by atoms with Gasteiger partial charge in [-0.05, 0) is 25.5 Å². The number of aliphatic imine (C=N–C) groups is 1. The quantitative estimate of drug-likeness (QED) is 0.196. The number of hydrogen-bond acceptors (Lipinski definition) is 6. The topological polar surface area (TPSA) is 92.3 Å². The van der Waals surface area contributed by atoms with E-state index >= 15 is 0 Å². The van der Waals surface area contributed by atoms with E-state index in [0.717, 1.165) is 23.4 Å². The van der Waals surface area contributed by atoms with Gasteiger partial charge in [0.15, 0.2) is 15.8 Å². The Bertz CT molecular complexity index is 760. The molecule has 1 heterocycles. The van der Waals surface area contributed by atoms with Crippen molar-refractivity contribution < 1.29 is 17.9 Å². The van der Waals surface area contributed by atoms with Crippen molar-refractivity contribution in [1.82, 2.24) is 15.5 Å². The van der Waals surface area contributed by atoms with Gasteiger partial charge in [0.25, 0.3) is 0 Å². The third kappa shape index (κ3) is 9.80. The summed E-state index contributed by atoms with van der Waals surface area (Å²) in [6.45, 7) is 9.04. The molecule has 0 saturated carbocycles. The van der Waals surface area contributed by atoms with Gasteiger partial charge in [0, 0.05) is 51.9 Å². The molecule has 0 atom stereocenters. The molecule has 0 aliphatic carbocycles. The van der Waals surface area contributed by atoms with Crippen LogP contribution >= 0.6 is 24.0 Å². The zero-order valence-electron chi connectivity index (χ0n) is 18.1. The Morgan fingerprint density at radius 1 is 1.20 bits per heavy atom. The van der Waals surface area contributed by atoms with Crippen LogP contribution in [-0.4, -0.2) is 83.8 Å². The van der Waals surface area contributed by atoms with E-state index in [4.69, 9.17) is 9.47 Å². The fourth-order valence-corrected chi connectivity index (χ4v) is 4.28. The minimum Gasteiger partial charge on any atom is -0.491 e. The number of hydrogen-bond donors (Lipinski definition) is 2. The van der Waals surface area contributed by atoms with Gasteiger partial charge in [-0.1, -0.05) is 12.1 Å². The van der Waals surface area contributed by atoms with Crippen LogP contribution in [0.5, 0.6) is 5.75 Å². The fourth-order valence-electron chi connectivity index (χ4n) is 3.00. The molecule has 0 amide bonds. The van der Waals surface area contributed by atoms with Crippen molar-refractivity contribution in [1.29, 1.82) is 0 Å². The summed E-state index contributed by atoms with van der Waals surface area (Å²) in [7, 11) is -1.10. The normalized spacial score (nSPS) is 16.6. The second-order valence-electron chi connectivity index (χ2n) is 7.00. The molecular formula is C20H35IN4O4S. The smallest absolute Gasteiger partial charge is 0.191 e. The molecule has 2 N–H and O–H groups in total. The van der Waals surface area contributed by atoms with Gasteiger partial charge in [0.1, 0.15) is 12.4 Å². The lowest BCUT2D eigenvalue weighted by atomic mass is 10.1. The van der Waals surface area contributed by atoms with Crippen LogP contribution in [-0.2, 0) is 21.1 Å². The fraction of sp³-hybridized carbons (Fsp3) is 0.650. The van der Waals surface area contributed by atoms with Gasteiger partial charge in [-0.25, -0.2) is 8.42 Å². The Labute approximate surface area is 197 Å². The van der Waals surface area contributed by atoms with Gasteiger partial charge in [-0.15, -0.1) is 24.0 Å². The van der Waals surface area contributed by atoms with Gasteiger partial charge in [0.2, 0.25) is 0 Å². The predicted octanol–water partition coefficient (Wildman–Crippen LogP) is 1.42. The molecular weight excluding hydrogens is 519 g/mol. The lowest BCUT2D eigenvalue weighted by Crippen LogP contribution is -2.45. The number of nitrogens with one attached hydrogen (secondary N) is 2. The minimum atomic E-state index is -2.84. The highest BCUT2D eigenvalue weighted by Crippen LogP contribution is 2.20. The first kappa shape index (κ1) is 26.9. The number of aryl methyl sites for hydroxylation is 1. The third-order valence-corrected chi connectivity index (χ3v) is 6.35. The summed E-state index contributed by atoms with van der Waals surface area (Å²) < 4.78 is 34.2. The van der Waals surface area contributed by atoms with E-state index in [0.29, 0.717) is 52.0 Å². The second kappa shape index (κ2) is 14.0. The van der Waals surface area contributed by atoms with Crippen molar-refractivity contribution in [3.63, 3.8) is 0 Å². The molecule has 0 aromatic heterocycles. The predicted molar refractivity (Wildman–Crippen MR) is 132 cm³/mol. The number of halogens is 1. The van der Waals surface area contributed by atoms with Crippen molar-refractivity contribution >= 4 is 39.8 Å². The lowest BCUT2D eigenvalue weighted by molar-refractivity contribution is 0.110. The molecule has 0 unspecified atom stereocenters. The van der Waals surface area contributed by atoms with Crippen LogP contribution in [0.15, 0.2) is 23.2 Å². The molecule has 2 rings (SSSR count). The molecule has 0 bridgehead atoms. The number of ether oxygens (including phenoxy) is 2. The average molecular weight is 554 g/mol. The Morgan fingerprint density at radius 3 is 2.60 bits per heavy atom. The summed E-state index contributed by atoms with van der Waals surface area (Å²) in [6, 6.07) is 6.15. The first-order chi connectivity index (χ1) is 13.9. The highest BCUT2D eigenvalue weighted by atomic mass is 127. The molecule has 30 heavy (non-hydrogen) atoms. The third-order valence-electron chi connectivity index (χ3n) is 4.74. The van der Waals surface area contributed by atoms with Crippen LogP contribution in [0.25, 0.3) is 0 Å². The number of rotatable bonds is 10. The van der Waals surface area contributed by atoms with E-state index in [-0.39, 0.29) is 35.5 Å². The van der Waals surface area contributed by atoms with E-state index in [1.807, 2.05) is 19.9 Å². The van der Waals surface area contributed by atoms with Gasteiger partial charge in [0.05, 0.1) is 18.1 Å². The van der Waals surface area contributed by atoms with Crippen molar-refractivity contribution in [2.75, 3.05) is 64.6 Å². The lowest BCUT2D eigenvalue weighted by Gasteiger charge is -2.26. The van der Waals surface area contributed by atoms with E-state index in [1.165, 1.54) is 0 Å². The molecule has 10 heteroatoms. The highest BCUT2D eigenvalue weighted by molar-refractivity contribution is 14.0. The molecule has 1 aromatic carbocycles. The number of sulfone groups is 1. The van der Waals surface area contributed by atoms with Crippen molar-refractivity contribution in [3.8, 4) is 5.75 Å². The van der Waals surface area contributed by atoms with Crippen LogP contribution in [0.4, 0.5) is 0 Å². The Kier molecular flexibility index (Phi) is 12.6. The first-order valence-electron chi connectivity index (χ1n) is 10.1. The maximum atomic E-state index is 11.5. The van der Waals surface area contributed by atoms with Crippen LogP contribution in [0.1, 0.15) is 18.1 Å². The zero-order chi connectivity index (χ0) is 21.1. The van der Waals surface area contributed by atoms with E-state index in [9.17, 15) is 8.42 Å². The van der Waals surface area contributed by atoms with Crippen LogP contribution in [0, 0.1) is 6.92 Å². The molecule has 1 aliphatic rings. The summed E-state index contributed by atoms with van der Waals surface area (Å²) in [5, 5.41) is 6.60. The Morgan fingerprint density at radius 2 is 1.93 bits per heavy atom. The van der Waals surface area contributed by atoms with E-state index in [2.05, 4.69) is 32.7 Å². The maximum Gasteiger partial charge on any atom is 0.191 e. The van der Waals surface area contributed by atoms with Crippen molar-refractivity contribution in [2.24, 2.45) is 4.99 Å². The van der Waals surface area contributed by atoms with Crippen molar-refractivity contribution in [3.05, 3.63) is 29.3 Å². The number of guanidine groups is 1. The highest BCUT2D eigenvalue weighted by Gasteiger charge is 2.20. The molecule has 8 nitrogen and oxygen atoms in total. The minimum absolute atomic E-state index is 0. The maximum absolute atomic E-state index is 11.5. The van der Waals surface area contributed by atoms with E-state index < -0.39 is 9.84 Å². The molecule has 0 spiro atoms. The largest absolute Gasteiger partial charge is 0.491 e. The van der Waals surface area contributed by atoms with Gasteiger partial charge in [-0.3, -0.25) is 9.89 Å². The summed E-state index contributed by atoms with van der Waals surface area (Å²) >= 11 is 0. The van der Waals surface area contributed by atoms with Crippen LogP contribution in [0.3, 0.4) is 0 Å². The second-order valence-corrected chi connectivity index (χ2v) is 9.31. The Hall–Kier alpha value is -1.11. The van der Waals surface area contributed by atoms with Gasteiger partial charge < -0.3 is 20.1 Å². The number of nitrogens with zero attached hydrogens (tertiary/aromatic N) is 2. The summed E-state index contributed by atoms with van der Waals surface area (Å²) in [4.78, 5) is 6.42. The number of benzene rings is 1. The SMILES string of the molecule is CCOCCOc1cc(C)ccc1CNC(=NC)NCCN1CCS(=O)(=O)CC1.I. The molecule has 172 valence electrons. The standard InChI is InChI=1S/C20H34N4O4S.HI/c1-4-27-11-12-28-19-15-17(2)5-6-18(19)16-23-20(21-3)22-7-8-24-9-13-29(25,26)14-10-24;/h5-6,15H,4,7-14,16H2,1-3H3,(H2,21,22,23);1H. The first-order valence-corrected chi connectivity index (χ1v) is 11.9. The monoisotopic (exact) mass is 554 g/mol. The molecule has 1 aromatic rings. The van der Waals surface area contributed by atoms with Crippen LogP contribution < -0.4 is 15.4 Å². The average Bonchev–Trinajstić information content (AvgIpc) is 2.70. The van der Waals surface area contributed by atoms with Crippen LogP contribution in [0.2, 0.25) is 0 Å².